The van der Waals surface area contributed by atoms with Crippen LogP contribution in [0, 0.1) is 6.92 Å². The standard InChI is InChI=1S/C20H22O8/c1-5-6-11-8-14(27-4)18(17(22)16(11)19(23)24)28-20(25)15-10(2)7-12(26-3)9-13(15)21/h7-9,21-22H,5-6H2,1-4H3,(H,23,24). The van der Waals surface area contributed by atoms with Crippen molar-refractivity contribution in [2.75, 3.05) is 14.2 Å². The molecule has 0 spiro atoms. The van der Waals surface area contributed by atoms with Gasteiger partial charge in [-0.25, -0.2) is 9.59 Å². The number of aromatic hydroxyl groups is 2. The Kier molecular flexibility index (Phi) is 6.35. The fraction of sp³-hybridized carbons (Fsp3) is 0.300. The van der Waals surface area contributed by atoms with Crippen LogP contribution in [0.2, 0.25) is 0 Å². The first-order valence-corrected chi connectivity index (χ1v) is 8.50. The van der Waals surface area contributed by atoms with Crippen molar-refractivity contribution in [1.29, 1.82) is 0 Å². The maximum atomic E-state index is 12.6. The number of hydrogen-bond acceptors (Lipinski definition) is 7. The van der Waals surface area contributed by atoms with Crippen molar-refractivity contribution in [1.82, 2.24) is 0 Å². The van der Waals surface area contributed by atoms with Crippen molar-refractivity contribution >= 4 is 11.9 Å². The third-order valence-electron chi connectivity index (χ3n) is 4.18. The van der Waals surface area contributed by atoms with Crippen LogP contribution in [0.25, 0.3) is 0 Å². The number of carboxylic acid groups (broad SMARTS) is 1. The molecule has 0 amide bonds. The number of carboxylic acids is 1. The second kappa shape index (κ2) is 8.51. The zero-order valence-electron chi connectivity index (χ0n) is 16.0. The molecule has 2 aromatic rings. The zero-order valence-corrected chi connectivity index (χ0v) is 16.0. The van der Waals surface area contributed by atoms with Crippen LogP contribution in [-0.2, 0) is 6.42 Å². The lowest BCUT2D eigenvalue weighted by atomic mass is 10.0. The molecule has 2 rings (SSSR count). The summed E-state index contributed by atoms with van der Waals surface area (Å²) in [5.74, 6) is -3.50. The molecule has 28 heavy (non-hydrogen) atoms. The summed E-state index contributed by atoms with van der Waals surface area (Å²) in [7, 11) is 2.72. The van der Waals surface area contributed by atoms with E-state index in [1.807, 2.05) is 6.92 Å². The summed E-state index contributed by atoms with van der Waals surface area (Å²) in [6.07, 6.45) is 1.03. The number of aryl methyl sites for hydroxylation is 2. The molecule has 0 aliphatic rings. The maximum absolute atomic E-state index is 12.6. The van der Waals surface area contributed by atoms with Crippen LogP contribution in [0.15, 0.2) is 18.2 Å². The number of hydrogen-bond donors (Lipinski definition) is 3. The smallest absolute Gasteiger partial charge is 0.347 e. The fourth-order valence-electron chi connectivity index (χ4n) is 2.90. The van der Waals surface area contributed by atoms with Crippen molar-refractivity contribution in [3.8, 4) is 28.7 Å². The Bertz CT molecular complexity index is 894. The van der Waals surface area contributed by atoms with Gasteiger partial charge in [0.1, 0.15) is 22.6 Å². The van der Waals surface area contributed by atoms with E-state index in [1.165, 1.54) is 32.4 Å². The van der Waals surface area contributed by atoms with Gasteiger partial charge in [-0.1, -0.05) is 13.3 Å². The van der Waals surface area contributed by atoms with Gasteiger partial charge in [0.15, 0.2) is 11.5 Å². The lowest BCUT2D eigenvalue weighted by Crippen LogP contribution is -2.13. The van der Waals surface area contributed by atoms with Crippen molar-refractivity contribution in [3.05, 3.63) is 40.5 Å². The van der Waals surface area contributed by atoms with Crippen LogP contribution >= 0.6 is 0 Å². The minimum Gasteiger partial charge on any atom is -0.507 e. The average molecular weight is 390 g/mol. The predicted octanol–water partition coefficient (Wildman–Crippen LogP) is 3.29. The number of rotatable bonds is 7. The first-order valence-electron chi connectivity index (χ1n) is 8.50. The highest BCUT2D eigenvalue weighted by Crippen LogP contribution is 2.43. The first-order chi connectivity index (χ1) is 13.2. The summed E-state index contributed by atoms with van der Waals surface area (Å²) in [4.78, 5) is 24.2. The molecule has 2 aromatic carbocycles. The van der Waals surface area contributed by atoms with Crippen LogP contribution < -0.4 is 14.2 Å². The molecule has 3 N–H and O–H groups in total. The lowest BCUT2D eigenvalue weighted by Gasteiger charge is -2.17. The van der Waals surface area contributed by atoms with Crippen molar-refractivity contribution in [3.63, 3.8) is 0 Å². The molecule has 0 fully saturated rings. The van der Waals surface area contributed by atoms with E-state index in [2.05, 4.69) is 0 Å². The molecule has 0 saturated carbocycles. The Morgan fingerprint density at radius 2 is 1.71 bits per heavy atom. The molecule has 0 aliphatic carbocycles. The zero-order chi connectivity index (χ0) is 21.0. The molecule has 0 saturated heterocycles. The van der Waals surface area contributed by atoms with Gasteiger partial charge in [0.25, 0.3) is 0 Å². The number of ether oxygens (including phenoxy) is 3. The predicted molar refractivity (Wildman–Crippen MR) is 100.0 cm³/mol. The van der Waals surface area contributed by atoms with Gasteiger partial charge in [-0.3, -0.25) is 0 Å². The van der Waals surface area contributed by atoms with Crippen molar-refractivity contribution in [2.45, 2.75) is 26.7 Å². The van der Waals surface area contributed by atoms with Crippen LogP contribution in [-0.4, -0.2) is 41.5 Å². The number of carbonyl (C=O) groups excluding carboxylic acids is 1. The summed E-state index contributed by atoms with van der Waals surface area (Å²) in [6, 6.07) is 4.18. The molecule has 0 heterocycles. The molecule has 8 nitrogen and oxygen atoms in total. The van der Waals surface area contributed by atoms with Crippen LogP contribution in [0.4, 0.5) is 0 Å². The van der Waals surface area contributed by atoms with Crippen molar-refractivity contribution in [2.24, 2.45) is 0 Å². The number of carbonyl (C=O) groups is 2. The quantitative estimate of drug-likeness (QED) is 0.486. The molecule has 8 heteroatoms. The van der Waals surface area contributed by atoms with E-state index < -0.39 is 23.4 Å². The summed E-state index contributed by atoms with van der Waals surface area (Å²) in [5, 5.41) is 30.1. The third-order valence-corrected chi connectivity index (χ3v) is 4.18. The topological polar surface area (TPSA) is 123 Å². The van der Waals surface area contributed by atoms with Gasteiger partial charge in [0.05, 0.1) is 14.2 Å². The Morgan fingerprint density at radius 1 is 1.04 bits per heavy atom. The van der Waals surface area contributed by atoms with Crippen molar-refractivity contribution < 1.29 is 39.1 Å². The molecule has 0 radical (unpaired) electrons. The fourth-order valence-corrected chi connectivity index (χ4v) is 2.90. The second-order valence-electron chi connectivity index (χ2n) is 6.07. The molecular formula is C20H22O8. The molecule has 0 unspecified atom stereocenters. The van der Waals surface area contributed by atoms with E-state index in [0.29, 0.717) is 29.7 Å². The third kappa shape index (κ3) is 3.95. The summed E-state index contributed by atoms with van der Waals surface area (Å²) < 4.78 is 15.4. The highest BCUT2D eigenvalue weighted by Gasteiger charge is 2.27. The number of benzene rings is 2. The van der Waals surface area contributed by atoms with E-state index in [9.17, 15) is 24.9 Å². The van der Waals surface area contributed by atoms with Crippen LogP contribution in [0.5, 0.6) is 28.7 Å². The summed E-state index contributed by atoms with van der Waals surface area (Å²) >= 11 is 0. The number of aromatic carboxylic acids is 1. The Morgan fingerprint density at radius 3 is 2.21 bits per heavy atom. The SMILES string of the molecule is CCCc1cc(OC)c(OC(=O)c2c(C)cc(OC)cc2O)c(O)c1C(=O)O. The number of esters is 1. The van der Waals surface area contributed by atoms with Gasteiger partial charge in [-0.15, -0.1) is 0 Å². The minimum atomic E-state index is -1.36. The Balaban J connectivity index is 2.55. The molecule has 0 atom stereocenters. The van der Waals surface area contributed by atoms with Crippen LogP contribution in [0.3, 0.4) is 0 Å². The van der Waals surface area contributed by atoms with Gasteiger partial charge in [0.2, 0.25) is 5.75 Å². The van der Waals surface area contributed by atoms with E-state index in [1.54, 1.807) is 6.92 Å². The van der Waals surface area contributed by atoms with Gasteiger partial charge < -0.3 is 29.5 Å². The van der Waals surface area contributed by atoms with Gasteiger partial charge in [0, 0.05) is 6.07 Å². The summed E-state index contributed by atoms with van der Waals surface area (Å²) in [6.45, 7) is 3.43. The average Bonchev–Trinajstić information content (AvgIpc) is 2.62. The highest BCUT2D eigenvalue weighted by molar-refractivity contribution is 5.98. The van der Waals surface area contributed by atoms with E-state index in [-0.39, 0.29) is 22.6 Å². The Hall–Kier alpha value is -3.42. The highest BCUT2D eigenvalue weighted by atomic mass is 16.6. The molecular weight excluding hydrogens is 368 g/mol. The van der Waals surface area contributed by atoms with E-state index >= 15 is 0 Å². The van der Waals surface area contributed by atoms with Crippen LogP contribution in [0.1, 0.15) is 45.2 Å². The normalized spacial score (nSPS) is 10.4. The lowest BCUT2D eigenvalue weighted by molar-refractivity contribution is 0.0676. The molecule has 0 aliphatic heterocycles. The van der Waals surface area contributed by atoms with Gasteiger partial charge in [-0.2, -0.15) is 0 Å². The number of phenols is 2. The minimum absolute atomic E-state index is 0.00459. The number of methoxy groups -OCH3 is 2. The molecule has 150 valence electrons. The summed E-state index contributed by atoms with van der Waals surface area (Å²) in [5.41, 5.74) is 0.229. The van der Waals surface area contributed by atoms with Gasteiger partial charge >= 0.3 is 11.9 Å². The molecule has 0 bridgehead atoms. The molecule has 0 aromatic heterocycles. The Labute approximate surface area is 161 Å². The second-order valence-corrected chi connectivity index (χ2v) is 6.07. The van der Waals surface area contributed by atoms with E-state index in [0.717, 1.165) is 0 Å². The monoisotopic (exact) mass is 390 g/mol. The maximum Gasteiger partial charge on any atom is 0.347 e. The first kappa shape index (κ1) is 20.9. The number of phenolic OH excluding ortho intramolecular Hbond substituents is 1. The van der Waals surface area contributed by atoms with E-state index in [4.69, 9.17) is 14.2 Å². The largest absolute Gasteiger partial charge is 0.507 e. The van der Waals surface area contributed by atoms with Gasteiger partial charge in [-0.05, 0) is 36.6 Å².